The maximum atomic E-state index is 8.50. The van der Waals surface area contributed by atoms with Crippen LogP contribution in [0.25, 0.3) is 11.1 Å². The highest BCUT2D eigenvalue weighted by atomic mass is 35.5. The Balaban J connectivity index is 2.59. The fourth-order valence-electron chi connectivity index (χ4n) is 1.30. The van der Waals surface area contributed by atoms with Gasteiger partial charge in [0.1, 0.15) is 11.9 Å². The Morgan fingerprint density at radius 3 is 3.07 bits per heavy atom. The first-order valence-electron chi connectivity index (χ1n) is 4.15. The monoisotopic (exact) mass is 206 g/mol. The summed E-state index contributed by atoms with van der Waals surface area (Å²) in [4.78, 5) is 4.16. The Hall–Kier alpha value is -1.53. The van der Waals surface area contributed by atoms with E-state index in [-0.39, 0.29) is 6.42 Å². The number of alkyl halides is 1. The van der Waals surface area contributed by atoms with Crippen molar-refractivity contribution in [1.82, 2.24) is 4.98 Å². The van der Waals surface area contributed by atoms with E-state index >= 15 is 0 Å². The van der Waals surface area contributed by atoms with E-state index in [0.717, 1.165) is 11.1 Å². The van der Waals surface area contributed by atoms with Crippen molar-refractivity contribution in [3.8, 4) is 6.07 Å². The van der Waals surface area contributed by atoms with Crippen LogP contribution in [-0.4, -0.2) is 4.98 Å². The third kappa shape index (κ3) is 1.45. The highest BCUT2D eigenvalue weighted by Crippen LogP contribution is 2.21. The van der Waals surface area contributed by atoms with Crippen LogP contribution in [0.3, 0.4) is 0 Å². The van der Waals surface area contributed by atoms with Crippen molar-refractivity contribution in [1.29, 1.82) is 5.26 Å². The fourth-order valence-corrected chi connectivity index (χ4v) is 1.51. The van der Waals surface area contributed by atoms with Crippen LogP contribution < -0.4 is 0 Å². The van der Waals surface area contributed by atoms with Crippen molar-refractivity contribution >= 4 is 22.7 Å². The molecule has 0 amide bonds. The lowest BCUT2D eigenvalue weighted by atomic mass is 10.2. The van der Waals surface area contributed by atoms with Crippen LogP contribution >= 0.6 is 11.6 Å². The molecule has 1 aromatic heterocycles. The molecule has 1 aromatic carbocycles. The zero-order valence-corrected chi connectivity index (χ0v) is 8.08. The van der Waals surface area contributed by atoms with Gasteiger partial charge >= 0.3 is 0 Å². The number of oxazole rings is 1. The average molecular weight is 207 g/mol. The van der Waals surface area contributed by atoms with Gasteiger partial charge in [0.15, 0.2) is 5.58 Å². The van der Waals surface area contributed by atoms with E-state index in [2.05, 4.69) is 4.98 Å². The van der Waals surface area contributed by atoms with Crippen LogP contribution in [-0.2, 0) is 12.3 Å². The van der Waals surface area contributed by atoms with E-state index in [0.29, 0.717) is 17.4 Å². The minimum Gasteiger partial charge on any atom is -0.439 e. The van der Waals surface area contributed by atoms with Gasteiger partial charge in [-0.3, -0.25) is 0 Å². The van der Waals surface area contributed by atoms with Crippen LogP contribution in [0.1, 0.15) is 11.5 Å². The van der Waals surface area contributed by atoms with E-state index < -0.39 is 0 Å². The Kier molecular flexibility index (Phi) is 2.38. The number of rotatable bonds is 2. The number of para-hydroxylation sites is 1. The van der Waals surface area contributed by atoms with Crippen molar-refractivity contribution in [2.45, 2.75) is 12.3 Å². The second-order valence-corrected chi connectivity index (χ2v) is 3.11. The smallest absolute Gasteiger partial charge is 0.209 e. The van der Waals surface area contributed by atoms with Gasteiger partial charge in [-0.05, 0) is 6.07 Å². The fraction of sp³-hybridized carbons (Fsp3) is 0.200. The minimum absolute atomic E-state index is 0.191. The molecule has 0 fully saturated rings. The lowest BCUT2D eigenvalue weighted by molar-refractivity contribution is 0.546. The van der Waals surface area contributed by atoms with Gasteiger partial charge in [0.05, 0.1) is 11.9 Å². The summed E-state index contributed by atoms with van der Waals surface area (Å²) in [5, 5.41) is 8.50. The molecule has 0 aliphatic carbocycles. The maximum absolute atomic E-state index is 8.50. The summed E-state index contributed by atoms with van der Waals surface area (Å²) in [5.41, 5.74) is 2.35. The summed E-state index contributed by atoms with van der Waals surface area (Å²) in [6.07, 6.45) is 0.191. The Labute approximate surface area is 85.9 Å². The summed E-state index contributed by atoms with van der Waals surface area (Å²) >= 11 is 5.74. The van der Waals surface area contributed by atoms with Crippen LogP contribution in [0.4, 0.5) is 0 Å². The summed E-state index contributed by atoms with van der Waals surface area (Å²) in [6.45, 7) is 0. The van der Waals surface area contributed by atoms with Gasteiger partial charge in [-0.25, -0.2) is 4.98 Å². The molecule has 1 heterocycles. The number of nitrogens with zero attached hydrogens (tertiary/aromatic N) is 2. The number of nitriles is 1. The van der Waals surface area contributed by atoms with E-state index in [1.165, 1.54) is 0 Å². The molecule has 2 aromatic rings. The first kappa shape index (κ1) is 9.04. The largest absolute Gasteiger partial charge is 0.439 e. The van der Waals surface area contributed by atoms with Crippen molar-refractivity contribution < 1.29 is 4.42 Å². The molecule has 0 unspecified atom stereocenters. The van der Waals surface area contributed by atoms with Gasteiger partial charge in [-0.15, -0.1) is 11.6 Å². The standard InChI is InChI=1S/C10H7ClN2O/c11-6-7-2-1-3-8-10(7)14-9(13-8)4-5-12/h1-3H,4,6H2. The van der Waals surface area contributed by atoms with Crippen molar-refractivity contribution in [2.75, 3.05) is 0 Å². The highest BCUT2D eigenvalue weighted by molar-refractivity contribution is 6.17. The highest BCUT2D eigenvalue weighted by Gasteiger charge is 2.08. The molecule has 0 aliphatic heterocycles. The number of hydrogen-bond donors (Lipinski definition) is 0. The summed E-state index contributed by atoms with van der Waals surface area (Å²) in [6, 6.07) is 7.60. The average Bonchev–Trinajstić information content (AvgIpc) is 2.60. The third-order valence-corrected chi connectivity index (χ3v) is 2.20. The van der Waals surface area contributed by atoms with E-state index in [9.17, 15) is 0 Å². The summed E-state index contributed by atoms with van der Waals surface area (Å²) in [5.74, 6) is 0.832. The Morgan fingerprint density at radius 2 is 2.36 bits per heavy atom. The number of fused-ring (bicyclic) bond motifs is 1. The molecule has 0 atom stereocenters. The summed E-state index contributed by atoms with van der Waals surface area (Å²) < 4.78 is 5.41. The van der Waals surface area contributed by atoms with Gasteiger partial charge in [0.25, 0.3) is 0 Å². The van der Waals surface area contributed by atoms with E-state index in [1.807, 2.05) is 24.3 Å². The van der Waals surface area contributed by atoms with Gasteiger partial charge in [0, 0.05) is 5.56 Å². The topological polar surface area (TPSA) is 49.8 Å². The first-order chi connectivity index (χ1) is 6.85. The second-order valence-electron chi connectivity index (χ2n) is 2.84. The van der Waals surface area contributed by atoms with Gasteiger partial charge in [-0.2, -0.15) is 5.26 Å². The molecule has 0 spiro atoms. The predicted molar refractivity (Wildman–Crippen MR) is 52.9 cm³/mol. The normalized spacial score (nSPS) is 10.3. The molecule has 0 N–H and O–H groups in total. The maximum Gasteiger partial charge on any atom is 0.209 e. The number of hydrogen-bond acceptors (Lipinski definition) is 3. The van der Waals surface area contributed by atoms with Gasteiger partial charge < -0.3 is 4.42 Å². The zero-order chi connectivity index (χ0) is 9.97. The lowest BCUT2D eigenvalue weighted by Crippen LogP contribution is -1.77. The van der Waals surface area contributed by atoms with E-state index in [1.54, 1.807) is 0 Å². The second kappa shape index (κ2) is 3.69. The van der Waals surface area contributed by atoms with Crippen molar-refractivity contribution in [3.05, 3.63) is 29.7 Å². The molecule has 0 bridgehead atoms. The molecule has 0 radical (unpaired) electrons. The van der Waals surface area contributed by atoms with E-state index in [4.69, 9.17) is 21.3 Å². The van der Waals surface area contributed by atoms with Crippen LogP contribution in [0, 0.1) is 11.3 Å². The predicted octanol–water partition coefficient (Wildman–Crippen LogP) is 2.63. The molecule has 0 saturated carbocycles. The number of benzene rings is 1. The molecule has 2 rings (SSSR count). The quantitative estimate of drug-likeness (QED) is 0.710. The zero-order valence-electron chi connectivity index (χ0n) is 7.33. The van der Waals surface area contributed by atoms with Crippen LogP contribution in [0.2, 0.25) is 0 Å². The number of aromatic nitrogens is 1. The van der Waals surface area contributed by atoms with Crippen molar-refractivity contribution in [3.63, 3.8) is 0 Å². The lowest BCUT2D eigenvalue weighted by Gasteiger charge is -1.93. The van der Waals surface area contributed by atoms with Gasteiger partial charge in [0.2, 0.25) is 5.89 Å². The minimum atomic E-state index is 0.191. The molecular weight excluding hydrogens is 200 g/mol. The third-order valence-electron chi connectivity index (χ3n) is 1.92. The van der Waals surface area contributed by atoms with Gasteiger partial charge in [-0.1, -0.05) is 12.1 Å². The Bertz CT molecular complexity index is 498. The van der Waals surface area contributed by atoms with Crippen molar-refractivity contribution in [2.24, 2.45) is 0 Å². The first-order valence-corrected chi connectivity index (χ1v) is 4.69. The molecule has 70 valence electrons. The summed E-state index contributed by atoms with van der Waals surface area (Å²) in [7, 11) is 0. The molecule has 4 heteroatoms. The Morgan fingerprint density at radius 1 is 1.50 bits per heavy atom. The molecule has 14 heavy (non-hydrogen) atoms. The van der Waals surface area contributed by atoms with Crippen LogP contribution in [0.5, 0.6) is 0 Å². The van der Waals surface area contributed by atoms with Crippen LogP contribution in [0.15, 0.2) is 22.6 Å². The number of halogens is 1. The molecule has 0 saturated heterocycles. The molecular formula is C10H7ClN2O. The molecule has 0 aliphatic rings. The SMILES string of the molecule is N#CCc1nc2cccc(CCl)c2o1. The molecule has 3 nitrogen and oxygen atoms in total.